The lowest BCUT2D eigenvalue weighted by Crippen LogP contribution is -2.43. The van der Waals surface area contributed by atoms with E-state index in [0.717, 1.165) is 0 Å². The maximum Gasteiger partial charge on any atom is 0.308 e. The Morgan fingerprint density at radius 3 is 2.57 bits per heavy atom. The molecule has 1 fully saturated rings. The second kappa shape index (κ2) is 8.53. The van der Waals surface area contributed by atoms with Crippen LogP contribution in [0.25, 0.3) is 0 Å². The third-order valence-corrected chi connectivity index (χ3v) is 4.07. The molecular weight excluding hydrogens is 298 g/mol. The molecule has 23 heavy (non-hydrogen) atoms. The number of aliphatic carboxylic acids is 1. The van der Waals surface area contributed by atoms with Gasteiger partial charge in [0.1, 0.15) is 5.75 Å². The molecule has 0 bridgehead atoms. The van der Waals surface area contributed by atoms with Crippen LogP contribution in [0, 0.1) is 11.8 Å². The summed E-state index contributed by atoms with van der Waals surface area (Å²) in [4.78, 5) is 23.6. The van der Waals surface area contributed by atoms with Gasteiger partial charge in [-0.2, -0.15) is 0 Å². The number of para-hydroxylation sites is 1. The summed E-state index contributed by atoms with van der Waals surface area (Å²) < 4.78 is 10.8. The zero-order valence-corrected chi connectivity index (χ0v) is 13.2. The molecule has 0 spiro atoms. The van der Waals surface area contributed by atoms with Gasteiger partial charge in [0.15, 0.2) is 6.10 Å². The fourth-order valence-corrected chi connectivity index (χ4v) is 2.68. The van der Waals surface area contributed by atoms with E-state index < -0.39 is 18.0 Å². The smallest absolute Gasteiger partial charge is 0.308 e. The number of ether oxygens (including phenoxy) is 2. The van der Waals surface area contributed by atoms with E-state index in [0.29, 0.717) is 31.8 Å². The third-order valence-electron chi connectivity index (χ3n) is 4.07. The molecule has 0 aromatic heterocycles. The average Bonchev–Trinajstić information content (AvgIpc) is 2.56. The maximum absolute atomic E-state index is 12.1. The van der Waals surface area contributed by atoms with Crippen molar-refractivity contribution in [3.8, 4) is 5.75 Å². The van der Waals surface area contributed by atoms with E-state index in [4.69, 9.17) is 9.47 Å². The summed E-state index contributed by atoms with van der Waals surface area (Å²) in [6.07, 6.45) is 0.743. The topological polar surface area (TPSA) is 84.9 Å². The number of hydrogen-bond donors (Lipinski definition) is 2. The van der Waals surface area contributed by atoms with Crippen LogP contribution in [0.2, 0.25) is 0 Å². The molecule has 1 aliphatic rings. The Morgan fingerprint density at radius 2 is 1.96 bits per heavy atom. The number of carboxylic acid groups (broad SMARTS) is 1. The third kappa shape index (κ3) is 5.25. The molecule has 6 nitrogen and oxygen atoms in total. The molecule has 1 aliphatic heterocycles. The number of carbonyl (C=O) groups excluding carboxylic acids is 1. The summed E-state index contributed by atoms with van der Waals surface area (Å²) in [5.74, 6) is -1.14. The van der Waals surface area contributed by atoms with Crippen LogP contribution in [0.1, 0.15) is 19.8 Å². The molecule has 2 N–H and O–H groups in total. The van der Waals surface area contributed by atoms with Gasteiger partial charge < -0.3 is 19.9 Å². The van der Waals surface area contributed by atoms with Gasteiger partial charge in [0.2, 0.25) is 0 Å². The summed E-state index contributed by atoms with van der Waals surface area (Å²) in [5, 5.41) is 12.1. The van der Waals surface area contributed by atoms with Crippen LogP contribution in [0.3, 0.4) is 0 Å². The highest BCUT2D eigenvalue weighted by Gasteiger charge is 2.30. The van der Waals surface area contributed by atoms with Crippen molar-refractivity contribution in [2.45, 2.75) is 25.9 Å². The first-order valence-corrected chi connectivity index (χ1v) is 7.88. The minimum absolute atomic E-state index is 0.0342. The molecule has 1 saturated heterocycles. The fourth-order valence-electron chi connectivity index (χ4n) is 2.68. The molecular formula is C17H23NO5. The van der Waals surface area contributed by atoms with Crippen LogP contribution in [0.5, 0.6) is 5.75 Å². The molecule has 0 saturated carbocycles. The van der Waals surface area contributed by atoms with Gasteiger partial charge in [-0.05, 0) is 37.8 Å². The summed E-state index contributed by atoms with van der Waals surface area (Å²) in [5.41, 5.74) is 0. The van der Waals surface area contributed by atoms with Crippen molar-refractivity contribution in [1.82, 2.24) is 5.32 Å². The van der Waals surface area contributed by atoms with E-state index in [1.807, 2.05) is 18.2 Å². The van der Waals surface area contributed by atoms with Gasteiger partial charge in [0, 0.05) is 19.8 Å². The molecule has 0 aliphatic carbocycles. The van der Waals surface area contributed by atoms with Crippen molar-refractivity contribution >= 4 is 11.9 Å². The van der Waals surface area contributed by atoms with Gasteiger partial charge in [0.05, 0.1) is 5.92 Å². The van der Waals surface area contributed by atoms with Crippen LogP contribution in [0.15, 0.2) is 30.3 Å². The molecule has 0 radical (unpaired) electrons. The van der Waals surface area contributed by atoms with E-state index in [2.05, 4.69) is 5.32 Å². The Labute approximate surface area is 135 Å². The Balaban J connectivity index is 1.84. The lowest BCUT2D eigenvalue weighted by atomic mass is 9.86. The van der Waals surface area contributed by atoms with Crippen molar-refractivity contribution in [2.24, 2.45) is 11.8 Å². The Bertz CT molecular complexity index is 513. The number of hydrogen-bond acceptors (Lipinski definition) is 4. The minimum atomic E-state index is -0.881. The van der Waals surface area contributed by atoms with E-state index in [1.165, 1.54) is 0 Å². The standard InChI is InChI=1S/C17H23NO5/c1-12(23-14-5-3-2-4-6-14)16(19)18-11-15(17(20)21)13-7-9-22-10-8-13/h2-6,12-13,15H,7-11H2,1H3,(H,18,19)(H,20,21). The van der Waals surface area contributed by atoms with E-state index in [1.54, 1.807) is 19.1 Å². The lowest BCUT2D eigenvalue weighted by molar-refractivity contribution is -0.145. The van der Waals surface area contributed by atoms with Gasteiger partial charge in [-0.3, -0.25) is 9.59 Å². The predicted octanol–water partition coefficient (Wildman–Crippen LogP) is 1.70. The molecule has 1 heterocycles. The zero-order valence-electron chi connectivity index (χ0n) is 13.2. The van der Waals surface area contributed by atoms with Crippen LogP contribution >= 0.6 is 0 Å². The summed E-state index contributed by atoms with van der Waals surface area (Å²) in [6, 6.07) is 9.05. The first-order chi connectivity index (χ1) is 11.1. The van der Waals surface area contributed by atoms with Crippen LogP contribution < -0.4 is 10.1 Å². The van der Waals surface area contributed by atoms with Crippen LogP contribution in [-0.4, -0.2) is 42.8 Å². The number of carbonyl (C=O) groups is 2. The predicted molar refractivity (Wildman–Crippen MR) is 84.2 cm³/mol. The second-order valence-electron chi connectivity index (χ2n) is 5.71. The number of nitrogens with one attached hydrogen (secondary N) is 1. The first kappa shape index (κ1) is 17.3. The quantitative estimate of drug-likeness (QED) is 0.798. The number of benzene rings is 1. The number of carboxylic acids is 1. The highest BCUT2D eigenvalue weighted by Crippen LogP contribution is 2.23. The molecule has 2 rings (SSSR count). The Hall–Kier alpha value is -2.08. The van der Waals surface area contributed by atoms with E-state index in [9.17, 15) is 14.7 Å². The monoisotopic (exact) mass is 321 g/mol. The van der Waals surface area contributed by atoms with Crippen molar-refractivity contribution in [1.29, 1.82) is 0 Å². The normalized spacial score (nSPS) is 18.0. The molecule has 1 aromatic rings. The largest absolute Gasteiger partial charge is 0.481 e. The van der Waals surface area contributed by atoms with Gasteiger partial charge in [0.25, 0.3) is 5.91 Å². The zero-order chi connectivity index (χ0) is 16.7. The fraction of sp³-hybridized carbons (Fsp3) is 0.529. The molecule has 2 atom stereocenters. The number of amides is 1. The Kier molecular flexibility index (Phi) is 6.40. The SMILES string of the molecule is CC(Oc1ccccc1)C(=O)NCC(C(=O)O)C1CCOCC1. The van der Waals surface area contributed by atoms with Gasteiger partial charge in [-0.25, -0.2) is 0 Å². The number of rotatable bonds is 7. The molecule has 2 unspecified atom stereocenters. The summed E-state index contributed by atoms with van der Waals surface area (Å²) in [7, 11) is 0. The lowest BCUT2D eigenvalue weighted by Gasteiger charge is -2.28. The second-order valence-corrected chi connectivity index (χ2v) is 5.71. The highest BCUT2D eigenvalue weighted by molar-refractivity contribution is 5.81. The van der Waals surface area contributed by atoms with Crippen molar-refractivity contribution in [2.75, 3.05) is 19.8 Å². The van der Waals surface area contributed by atoms with Crippen molar-refractivity contribution < 1.29 is 24.2 Å². The highest BCUT2D eigenvalue weighted by atomic mass is 16.5. The Morgan fingerprint density at radius 1 is 1.30 bits per heavy atom. The van der Waals surface area contributed by atoms with Crippen LogP contribution in [0.4, 0.5) is 0 Å². The van der Waals surface area contributed by atoms with Crippen molar-refractivity contribution in [3.63, 3.8) is 0 Å². The minimum Gasteiger partial charge on any atom is -0.481 e. The molecule has 126 valence electrons. The average molecular weight is 321 g/mol. The molecule has 1 amide bonds. The van der Waals surface area contributed by atoms with E-state index >= 15 is 0 Å². The van der Waals surface area contributed by atoms with Gasteiger partial charge in [-0.1, -0.05) is 18.2 Å². The summed E-state index contributed by atoms with van der Waals surface area (Å²) in [6.45, 7) is 2.92. The van der Waals surface area contributed by atoms with E-state index in [-0.39, 0.29) is 18.4 Å². The van der Waals surface area contributed by atoms with Gasteiger partial charge in [-0.15, -0.1) is 0 Å². The van der Waals surface area contributed by atoms with Crippen LogP contribution in [-0.2, 0) is 14.3 Å². The van der Waals surface area contributed by atoms with Crippen molar-refractivity contribution in [3.05, 3.63) is 30.3 Å². The molecule has 6 heteroatoms. The maximum atomic E-state index is 12.1. The molecule has 1 aromatic carbocycles. The summed E-state index contributed by atoms with van der Waals surface area (Å²) >= 11 is 0. The first-order valence-electron chi connectivity index (χ1n) is 7.88. The van der Waals surface area contributed by atoms with Gasteiger partial charge >= 0.3 is 5.97 Å².